The van der Waals surface area contributed by atoms with Crippen LogP contribution in [0.3, 0.4) is 0 Å². The Balaban J connectivity index is 1.97. The van der Waals surface area contributed by atoms with E-state index in [2.05, 4.69) is 10.6 Å². The molecule has 5 heteroatoms. The first kappa shape index (κ1) is 13.1. The van der Waals surface area contributed by atoms with Gasteiger partial charge in [0.1, 0.15) is 5.54 Å². The van der Waals surface area contributed by atoms with Gasteiger partial charge in [-0.25, -0.2) is 0 Å². The first-order chi connectivity index (χ1) is 8.53. The predicted octanol–water partition coefficient (Wildman–Crippen LogP) is 0.0332. The van der Waals surface area contributed by atoms with Crippen LogP contribution in [-0.2, 0) is 9.59 Å². The van der Waals surface area contributed by atoms with Crippen LogP contribution in [0.15, 0.2) is 11.6 Å². The van der Waals surface area contributed by atoms with Crippen molar-refractivity contribution in [2.45, 2.75) is 32.2 Å². The van der Waals surface area contributed by atoms with Gasteiger partial charge in [-0.1, -0.05) is 5.57 Å². The van der Waals surface area contributed by atoms with Crippen molar-refractivity contribution in [1.29, 1.82) is 0 Å². The molecule has 0 radical (unpaired) electrons. The van der Waals surface area contributed by atoms with E-state index in [1.54, 1.807) is 6.08 Å². The second kappa shape index (κ2) is 5.10. The third-order valence-corrected chi connectivity index (χ3v) is 3.65. The summed E-state index contributed by atoms with van der Waals surface area (Å²) in [6, 6.07) is 0. The van der Waals surface area contributed by atoms with Gasteiger partial charge in [0.2, 0.25) is 11.8 Å². The summed E-state index contributed by atoms with van der Waals surface area (Å²) in [5, 5.41) is 6.22. The zero-order valence-electron chi connectivity index (χ0n) is 11.1. The number of piperidine rings is 1. The van der Waals surface area contributed by atoms with Gasteiger partial charge in [0.25, 0.3) is 0 Å². The van der Waals surface area contributed by atoms with E-state index in [-0.39, 0.29) is 11.8 Å². The molecule has 2 N–H and O–H groups in total. The van der Waals surface area contributed by atoms with Crippen LogP contribution in [0.4, 0.5) is 0 Å². The fourth-order valence-corrected chi connectivity index (χ4v) is 2.58. The number of allylic oxidation sites excluding steroid dienone is 1. The highest BCUT2D eigenvalue weighted by atomic mass is 16.2. The number of hydrogen-bond acceptors (Lipinski definition) is 3. The Morgan fingerprint density at radius 3 is 2.50 bits per heavy atom. The Hall–Kier alpha value is -1.36. The van der Waals surface area contributed by atoms with Gasteiger partial charge >= 0.3 is 0 Å². The number of carbonyl (C=O) groups excluding carboxylic acids is 2. The van der Waals surface area contributed by atoms with Gasteiger partial charge in [0.05, 0.1) is 0 Å². The quantitative estimate of drug-likeness (QED) is 0.647. The van der Waals surface area contributed by atoms with Gasteiger partial charge in [0, 0.05) is 32.3 Å². The first-order valence-electron chi connectivity index (χ1n) is 6.51. The summed E-state index contributed by atoms with van der Waals surface area (Å²) in [4.78, 5) is 25.6. The van der Waals surface area contributed by atoms with Crippen molar-refractivity contribution >= 4 is 11.8 Å². The summed E-state index contributed by atoms with van der Waals surface area (Å²) in [5.41, 5.74) is 0.564. The average molecular weight is 251 g/mol. The average Bonchev–Trinajstić information content (AvgIpc) is 2.33. The third-order valence-electron chi connectivity index (χ3n) is 3.65. The van der Waals surface area contributed by atoms with Crippen LogP contribution in [0.1, 0.15) is 26.7 Å². The fourth-order valence-electron chi connectivity index (χ4n) is 2.58. The summed E-state index contributed by atoms with van der Waals surface area (Å²) in [7, 11) is 0. The fraction of sp³-hybridized carbons (Fsp3) is 0.692. The highest BCUT2D eigenvalue weighted by Crippen LogP contribution is 2.24. The van der Waals surface area contributed by atoms with E-state index in [1.165, 1.54) is 0 Å². The molecular weight excluding hydrogens is 230 g/mol. The Morgan fingerprint density at radius 2 is 1.94 bits per heavy atom. The molecule has 0 bridgehead atoms. The minimum atomic E-state index is -0.444. The summed E-state index contributed by atoms with van der Waals surface area (Å²) in [6.07, 6.45) is 3.05. The van der Waals surface area contributed by atoms with Crippen LogP contribution >= 0.6 is 0 Å². The highest BCUT2D eigenvalue weighted by molar-refractivity contribution is 5.90. The molecule has 0 aliphatic carbocycles. The molecular formula is C13H21N3O2. The Labute approximate surface area is 108 Å². The van der Waals surface area contributed by atoms with Gasteiger partial charge in [-0.2, -0.15) is 0 Å². The van der Waals surface area contributed by atoms with Gasteiger partial charge in [0.15, 0.2) is 0 Å². The summed E-state index contributed by atoms with van der Waals surface area (Å²) in [5.74, 6) is 0.143. The molecule has 2 amide bonds. The zero-order chi connectivity index (χ0) is 13.2. The molecule has 0 atom stereocenters. The largest absolute Gasteiger partial charge is 0.353 e. The maximum atomic E-state index is 11.9. The number of nitrogens with one attached hydrogen (secondary N) is 2. The lowest BCUT2D eigenvalue weighted by Crippen LogP contribution is -2.66. The van der Waals surface area contributed by atoms with E-state index < -0.39 is 5.54 Å². The molecule has 18 heavy (non-hydrogen) atoms. The molecule has 2 aliphatic heterocycles. The van der Waals surface area contributed by atoms with E-state index in [9.17, 15) is 9.59 Å². The molecule has 2 saturated heterocycles. The maximum Gasteiger partial charge on any atom is 0.246 e. The van der Waals surface area contributed by atoms with Crippen molar-refractivity contribution < 1.29 is 9.59 Å². The molecule has 2 fully saturated rings. The Bertz CT molecular complexity index is 378. The number of hydrogen-bond donors (Lipinski definition) is 2. The maximum absolute atomic E-state index is 11.9. The van der Waals surface area contributed by atoms with Crippen LogP contribution in [-0.4, -0.2) is 48.4 Å². The standard InChI is InChI=1S/C13H21N3O2/c1-10(2)9-11(17)16-7-3-13(4-8-16)12(18)14-5-6-15-13/h9,15H,3-8H2,1-2H3,(H,14,18). The molecule has 0 unspecified atom stereocenters. The van der Waals surface area contributed by atoms with Gasteiger partial charge in [-0.15, -0.1) is 0 Å². The van der Waals surface area contributed by atoms with E-state index in [0.717, 1.165) is 12.1 Å². The monoisotopic (exact) mass is 251 g/mol. The van der Waals surface area contributed by atoms with Crippen LogP contribution in [0.5, 0.6) is 0 Å². The van der Waals surface area contributed by atoms with Crippen LogP contribution in [0.25, 0.3) is 0 Å². The lowest BCUT2D eigenvalue weighted by atomic mass is 9.85. The smallest absolute Gasteiger partial charge is 0.246 e. The number of amides is 2. The van der Waals surface area contributed by atoms with Crippen molar-refractivity contribution in [2.24, 2.45) is 0 Å². The molecule has 0 saturated carbocycles. The van der Waals surface area contributed by atoms with Gasteiger partial charge < -0.3 is 15.5 Å². The predicted molar refractivity (Wildman–Crippen MR) is 69.0 cm³/mol. The summed E-state index contributed by atoms with van der Waals surface area (Å²) >= 11 is 0. The number of carbonyl (C=O) groups is 2. The molecule has 2 rings (SSSR count). The molecule has 5 nitrogen and oxygen atoms in total. The number of rotatable bonds is 1. The number of nitrogens with zero attached hydrogens (tertiary/aromatic N) is 1. The number of likely N-dealkylation sites (tertiary alicyclic amines) is 1. The molecule has 0 aromatic rings. The van der Waals surface area contributed by atoms with E-state index in [1.807, 2.05) is 18.7 Å². The van der Waals surface area contributed by atoms with E-state index >= 15 is 0 Å². The van der Waals surface area contributed by atoms with Crippen LogP contribution in [0, 0.1) is 0 Å². The van der Waals surface area contributed by atoms with E-state index in [0.29, 0.717) is 32.5 Å². The van der Waals surface area contributed by atoms with Crippen LogP contribution < -0.4 is 10.6 Å². The first-order valence-corrected chi connectivity index (χ1v) is 6.51. The minimum Gasteiger partial charge on any atom is -0.353 e. The second-order valence-electron chi connectivity index (χ2n) is 5.31. The SMILES string of the molecule is CC(C)=CC(=O)N1CCC2(CC1)NCCNC2=O. The van der Waals surface area contributed by atoms with Crippen LogP contribution in [0.2, 0.25) is 0 Å². The third kappa shape index (κ3) is 2.56. The van der Waals surface area contributed by atoms with Crippen molar-refractivity contribution in [3.05, 3.63) is 11.6 Å². The summed E-state index contributed by atoms with van der Waals surface area (Å²) < 4.78 is 0. The second-order valence-corrected chi connectivity index (χ2v) is 5.31. The van der Waals surface area contributed by atoms with Crippen molar-refractivity contribution in [3.8, 4) is 0 Å². The van der Waals surface area contributed by atoms with Crippen molar-refractivity contribution in [2.75, 3.05) is 26.2 Å². The molecule has 0 aromatic heterocycles. The van der Waals surface area contributed by atoms with Gasteiger partial charge in [-0.05, 0) is 26.7 Å². The Morgan fingerprint density at radius 1 is 1.28 bits per heavy atom. The Kier molecular flexibility index (Phi) is 3.71. The van der Waals surface area contributed by atoms with Crippen molar-refractivity contribution in [3.63, 3.8) is 0 Å². The van der Waals surface area contributed by atoms with Gasteiger partial charge in [-0.3, -0.25) is 9.59 Å². The molecule has 1 spiro atoms. The lowest BCUT2D eigenvalue weighted by molar-refractivity contribution is -0.136. The molecule has 100 valence electrons. The lowest BCUT2D eigenvalue weighted by Gasteiger charge is -2.43. The number of piperazine rings is 1. The molecule has 2 aliphatic rings. The summed E-state index contributed by atoms with van der Waals surface area (Å²) in [6.45, 7) is 6.62. The molecule has 0 aromatic carbocycles. The topological polar surface area (TPSA) is 61.4 Å². The minimum absolute atomic E-state index is 0.0565. The highest BCUT2D eigenvalue weighted by Gasteiger charge is 2.43. The molecule has 2 heterocycles. The van der Waals surface area contributed by atoms with Crippen molar-refractivity contribution in [1.82, 2.24) is 15.5 Å². The zero-order valence-corrected chi connectivity index (χ0v) is 11.1. The normalized spacial score (nSPS) is 22.6. The van der Waals surface area contributed by atoms with E-state index in [4.69, 9.17) is 0 Å².